The van der Waals surface area contributed by atoms with Gasteiger partial charge in [0, 0.05) is 17.3 Å². The van der Waals surface area contributed by atoms with Crippen molar-refractivity contribution in [1.82, 2.24) is 10.2 Å². The molecule has 1 aliphatic rings. The number of hydrogen-bond acceptors (Lipinski definition) is 3. The molecule has 0 radical (unpaired) electrons. The molecule has 2 heterocycles. The molecular formula is C17H18ClN3O3. The highest BCUT2D eigenvalue weighted by atomic mass is 35.5. The Hall–Kier alpha value is -2.47. The van der Waals surface area contributed by atoms with Crippen molar-refractivity contribution >= 4 is 29.2 Å². The summed E-state index contributed by atoms with van der Waals surface area (Å²) in [4.78, 5) is 26.4. The maximum atomic E-state index is 12.4. The molecule has 1 aromatic heterocycles. The zero-order valence-corrected chi connectivity index (χ0v) is 13.8. The van der Waals surface area contributed by atoms with Crippen LogP contribution in [0.15, 0.2) is 47.1 Å². The molecule has 1 aromatic carbocycles. The molecule has 1 aliphatic heterocycles. The molecule has 1 saturated heterocycles. The first-order valence-corrected chi connectivity index (χ1v) is 8.14. The van der Waals surface area contributed by atoms with E-state index in [-0.39, 0.29) is 11.9 Å². The van der Waals surface area contributed by atoms with Gasteiger partial charge in [-0.05, 0) is 43.2 Å². The lowest BCUT2D eigenvalue weighted by Crippen LogP contribution is -2.47. The van der Waals surface area contributed by atoms with E-state index in [2.05, 4.69) is 10.6 Å². The van der Waals surface area contributed by atoms with Gasteiger partial charge in [0.05, 0.1) is 12.8 Å². The van der Waals surface area contributed by atoms with E-state index < -0.39 is 6.04 Å². The van der Waals surface area contributed by atoms with E-state index in [0.29, 0.717) is 36.0 Å². The van der Waals surface area contributed by atoms with Crippen LogP contribution in [0.25, 0.3) is 0 Å². The number of benzene rings is 1. The van der Waals surface area contributed by atoms with E-state index in [1.165, 1.54) is 0 Å². The van der Waals surface area contributed by atoms with Gasteiger partial charge in [0.15, 0.2) is 0 Å². The zero-order valence-electron chi connectivity index (χ0n) is 13.0. The number of anilines is 1. The molecule has 126 valence electrons. The Morgan fingerprint density at radius 3 is 2.92 bits per heavy atom. The topological polar surface area (TPSA) is 74.6 Å². The minimum atomic E-state index is -0.473. The fourth-order valence-electron chi connectivity index (χ4n) is 2.75. The van der Waals surface area contributed by atoms with Crippen LogP contribution in [0.3, 0.4) is 0 Å². The van der Waals surface area contributed by atoms with Crippen LogP contribution in [0.4, 0.5) is 10.5 Å². The Morgan fingerprint density at radius 1 is 1.29 bits per heavy atom. The molecule has 3 rings (SSSR count). The Bertz CT molecular complexity index is 718. The van der Waals surface area contributed by atoms with E-state index in [1.807, 2.05) is 0 Å². The van der Waals surface area contributed by atoms with Crippen molar-refractivity contribution in [1.29, 1.82) is 0 Å². The number of halogens is 1. The molecule has 0 saturated carbocycles. The van der Waals surface area contributed by atoms with Crippen LogP contribution < -0.4 is 10.6 Å². The summed E-state index contributed by atoms with van der Waals surface area (Å²) in [6.07, 6.45) is 3.00. The van der Waals surface area contributed by atoms with Crippen molar-refractivity contribution in [2.45, 2.75) is 25.4 Å². The lowest BCUT2D eigenvalue weighted by atomic mass is 10.2. The number of hydrogen-bond donors (Lipinski definition) is 2. The molecule has 0 aliphatic carbocycles. The SMILES string of the molecule is O=C(NCc1ccco1)[C@@H]1CCCN1C(=O)Nc1cccc(Cl)c1. The molecule has 2 aromatic rings. The molecule has 6 nitrogen and oxygen atoms in total. The van der Waals surface area contributed by atoms with Crippen molar-refractivity contribution in [2.75, 3.05) is 11.9 Å². The summed E-state index contributed by atoms with van der Waals surface area (Å²) in [5, 5.41) is 6.14. The third-order valence-corrected chi connectivity index (χ3v) is 4.14. The number of carbonyl (C=O) groups excluding carboxylic acids is 2. The van der Waals surface area contributed by atoms with Gasteiger partial charge in [-0.1, -0.05) is 17.7 Å². The summed E-state index contributed by atoms with van der Waals surface area (Å²) in [7, 11) is 0. The Morgan fingerprint density at radius 2 is 2.17 bits per heavy atom. The Labute approximate surface area is 144 Å². The van der Waals surface area contributed by atoms with Crippen LogP contribution in [0.2, 0.25) is 5.02 Å². The summed E-state index contributed by atoms with van der Waals surface area (Å²) in [6.45, 7) is 0.858. The minimum absolute atomic E-state index is 0.176. The fourth-order valence-corrected chi connectivity index (χ4v) is 2.94. The van der Waals surface area contributed by atoms with Gasteiger partial charge in [0.2, 0.25) is 5.91 Å². The number of furan rings is 1. The summed E-state index contributed by atoms with van der Waals surface area (Å²) >= 11 is 5.92. The Balaban J connectivity index is 1.59. The van der Waals surface area contributed by atoms with E-state index >= 15 is 0 Å². The van der Waals surface area contributed by atoms with Crippen molar-refractivity contribution in [3.8, 4) is 0 Å². The second-order valence-electron chi connectivity index (χ2n) is 5.59. The van der Waals surface area contributed by atoms with Crippen molar-refractivity contribution in [3.63, 3.8) is 0 Å². The van der Waals surface area contributed by atoms with E-state index in [1.54, 1.807) is 47.6 Å². The quantitative estimate of drug-likeness (QED) is 0.891. The first kappa shape index (κ1) is 16.4. The molecular weight excluding hydrogens is 330 g/mol. The highest BCUT2D eigenvalue weighted by Gasteiger charge is 2.34. The number of amides is 3. The number of carbonyl (C=O) groups is 2. The van der Waals surface area contributed by atoms with Crippen LogP contribution in [0, 0.1) is 0 Å². The maximum Gasteiger partial charge on any atom is 0.322 e. The minimum Gasteiger partial charge on any atom is -0.467 e. The maximum absolute atomic E-state index is 12.4. The first-order valence-electron chi connectivity index (χ1n) is 7.77. The highest BCUT2D eigenvalue weighted by molar-refractivity contribution is 6.30. The van der Waals surface area contributed by atoms with Gasteiger partial charge >= 0.3 is 6.03 Å². The average Bonchev–Trinajstić information content (AvgIpc) is 3.24. The average molecular weight is 348 g/mol. The Kier molecular flexibility index (Phi) is 5.05. The second kappa shape index (κ2) is 7.40. The predicted molar refractivity (Wildman–Crippen MR) is 90.8 cm³/mol. The molecule has 0 spiro atoms. The third kappa shape index (κ3) is 3.89. The predicted octanol–water partition coefficient (Wildman–Crippen LogP) is 3.25. The van der Waals surface area contributed by atoms with E-state index in [9.17, 15) is 9.59 Å². The molecule has 2 N–H and O–H groups in total. The van der Waals surface area contributed by atoms with Crippen LogP contribution in [0.5, 0.6) is 0 Å². The second-order valence-corrected chi connectivity index (χ2v) is 6.03. The number of likely N-dealkylation sites (tertiary alicyclic amines) is 1. The van der Waals surface area contributed by atoms with Crippen LogP contribution in [-0.2, 0) is 11.3 Å². The smallest absolute Gasteiger partial charge is 0.322 e. The summed E-state index contributed by atoms with van der Waals surface area (Å²) in [5.74, 6) is 0.501. The van der Waals surface area contributed by atoms with Crippen molar-refractivity contribution in [3.05, 3.63) is 53.4 Å². The van der Waals surface area contributed by atoms with Gasteiger partial charge in [0.1, 0.15) is 11.8 Å². The first-order chi connectivity index (χ1) is 11.6. The third-order valence-electron chi connectivity index (χ3n) is 3.91. The molecule has 24 heavy (non-hydrogen) atoms. The fraction of sp³-hybridized carbons (Fsp3) is 0.294. The van der Waals surface area contributed by atoms with Crippen LogP contribution in [-0.4, -0.2) is 29.4 Å². The molecule has 7 heteroatoms. The number of rotatable bonds is 4. The van der Waals surface area contributed by atoms with Crippen LogP contribution in [0.1, 0.15) is 18.6 Å². The highest BCUT2D eigenvalue weighted by Crippen LogP contribution is 2.20. The largest absolute Gasteiger partial charge is 0.467 e. The molecule has 0 bridgehead atoms. The molecule has 1 fully saturated rings. The normalized spacial score (nSPS) is 16.9. The monoisotopic (exact) mass is 347 g/mol. The molecule has 3 amide bonds. The standard InChI is InChI=1S/C17H18ClN3O3/c18-12-4-1-5-13(10-12)20-17(23)21-8-2-7-15(21)16(22)19-11-14-6-3-9-24-14/h1,3-6,9-10,15H,2,7-8,11H2,(H,19,22)(H,20,23)/t15-/m0/s1. The zero-order chi connectivity index (χ0) is 16.9. The molecule has 1 atom stereocenters. The summed E-state index contributed by atoms with van der Waals surface area (Å²) in [5.41, 5.74) is 0.606. The van der Waals surface area contributed by atoms with Gasteiger partial charge in [-0.15, -0.1) is 0 Å². The van der Waals surface area contributed by atoms with Gasteiger partial charge in [-0.2, -0.15) is 0 Å². The molecule has 0 unspecified atom stereocenters. The number of nitrogens with one attached hydrogen (secondary N) is 2. The van der Waals surface area contributed by atoms with Gasteiger partial charge in [0.25, 0.3) is 0 Å². The lowest BCUT2D eigenvalue weighted by Gasteiger charge is -2.24. The van der Waals surface area contributed by atoms with Gasteiger partial charge < -0.3 is 20.0 Å². The van der Waals surface area contributed by atoms with E-state index in [4.69, 9.17) is 16.0 Å². The van der Waals surface area contributed by atoms with E-state index in [0.717, 1.165) is 6.42 Å². The van der Waals surface area contributed by atoms with Gasteiger partial charge in [-0.3, -0.25) is 4.79 Å². The van der Waals surface area contributed by atoms with Gasteiger partial charge in [-0.25, -0.2) is 4.79 Å². The van der Waals surface area contributed by atoms with Crippen LogP contribution >= 0.6 is 11.6 Å². The van der Waals surface area contributed by atoms with Crippen molar-refractivity contribution in [2.24, 2.45) is 0 Å². The number of urea groups is 1. The summed E-state index contributed by atoms with van der Waals surface area (Å²) < 4.78 is 5.19. The number of nitrogens with zero attached hydrogens (tertiary/aromatic N) is 1. The summed E-state index contributed by atoms with van der Waals surface area (Å²) in [6, 6.07) is 9.70. The van der Waals surface area contributed by atoms with Crippen molar-refractivity contribution < 1.29 is 14.0 Å². The lowest BCUT2D eigenvalue weighted by molar-refractivity contribution is -0.124.